The van der Waals surface area contributed by atoms with E-state index in [1.807, 2.05) is 49.5 Å². The molecule has 0 fully saturated rings. The van der Waals surface area contributed by atoms with Crippen LogP contribution in [-0.4, -0.2) is 14.5 Å². The van der Waals surface area contributed by atoms with E-state index in [4.69, 9.17) is 12.6 Å². The molecule has 1 unspecified atom stereocenters. The van der Waals surface area contributed by atoms with Gasteiger partial charge in [0.2, 0.25) is 0 Å². The zero-order chi connectivity index (χ0) is 17.9. The Balaban J connectivity index is 3.92. The smallest absolute Gasteiger partial charge is 0.118 e. The summed E-state index contributed by atoms with van der Waals surface area (Å²) in [4.78, 5) is 0. The van der Waals surface area contributed by atoms with Crippen LogP contribution < -0.4 is 0 Å². The van der Waals surface area contributed by atoms with Gasteiger partial charge in [0, 0.05) is 0 Å². The molecule has 0 bridgehead atoms. The average Bonchev–Trinajstić information content (AvgIpc) is 2.57. The predicted molar refractivity (Wildman–Crippen MR) is 109 cm³/mol. The van der Waals surface area contributed by atoms with Crippen molar-refractivity contribution in [2.45, 2.75) is 45.3 Å². The second-order valence-corrected chi connectivity index (χ2v) is 5.26. The molecule has 0 aromatic rings. The summed E-state index contributed by atoms with van der Waals surface area (Å²) < 4.78 is 5.65. The van der Waals surface area contributed by atoms with E-state index in [1.54, 1.807) is 6.08 Å². The van der Waals surface area contributed by atoms with Crippen LogP contribution in [0, 0.1) is 0 Å². The number of unbranched alkanes of at least 4 members (excludes halogenated alkanes) is 1. The second kappa shape index (κ2) is 17.4. The van der Waals surface area contributed by atoms with E-state index in [-0.39, 0.29) is 5.82 Å². The molecule has 2 heteroatoms. The van der Waals surface area contributed by atoms with Crippen LogP contribution in [0.4, 0.5) is 0 Å². The van der Waals surface area contributed by atoms with Gasteiger partial charge in [0.1, 0.15) is 5.76 Å². The summed E-state index contributed by atoms with van der Waals surface area (Å²) in [6, 6.07) is 0. The first-order valence-electron chi connectivity index (χ1n) is 8.73. The summed E-state index contributed by atoms with van der Waals surface area (Å²) in [7, 11) is 6.03. The van der Waals surface area contributed by atoms with Crippen molar-refractivity contribution in [2.24, 2.45) is 0 Å². The number of hydrogen-bond acceptors (Lipinski definition) is 1. The fraction of sp³-hybridized carbons (Fsp3) is 0.364. The van der Waals surface area contributed by atoms with Crippen molar-refractivity contribution in [1.82, 2.24) is 0 Å². The molecule has 0 N–H and O–H groups in total. The number of hydrogen-bond donors (Lipinski definition) is 0. The topological polar surface area (TPSA) is 9.23 Å². The summed E-state index contributed by atoms with van der Waals surface area (Å²) in [5.41, 5.74) is 0. The van der Waals surface area contributed by atoms with E-state index >= 15 is 0 Å². The Morgan fingerprint density at radius 2 is 1.83 bits per heavy atom. The van der Waals surface area contributed by atoms with Crippen molar-refractivity contribution in [3.8, 4) is 0 Å². The molecule has 0 saturated heterocycles. The summed E-state index contributed by atoms with van der Waals surface area (Å²) >= 11 is 0. The molecule has 0 aliphatic heterocycles. The zero-order valence-corrected chi connectivity index (χ0v) is 15.2. The van der Waals surface area contributed by atoms with Gasteiger partial charge in [-0.15, -0.1) is 0 Å². The monoisotopic (exact) mass is 322 g/mol. The minimum Gasteiger partial charge on any atom is -0.494 e. The van der Waals surface area contributed by atoms with Crippen molar-refractivity contribution in [3.05, 3.63) is 85.3 Å². The first-order chi connectivity index (χ1) is 11.7. The molecule has 24 heavy (non-hydrogen) atoms. The van der Waals surface area contributed by atoms with Gasteiger partial charge < -0.3 is 4.74 Å². The molecule has 0 saturated carbocycles. The van der Waals surface area contributed by atoms with Gasteiger partial charge in [0.05, 0.1) is 14.5 Å². The molecule has 0 aliphatic carbocycles. The maximum absolute atomic E-state index is 6.03. The zero-order valence-electron chi connectivity index (χ0n) is 15.2. The van der Waals surface area contributed by atoms with Gasteiger partial charge in [-0.05, 0) is 44.8 Å². The molecule has 128 valence electrons. The Bertz CT molecular complexity index is 478. The lowest BCUT2D eigenvalue weighted by molar-refractivity contribution is 0.221. The van der Waals surface area contributed by atoms with E-state index in [0.717, 1.165) is 31.4 Å². The fourth-order valence-electron chi connectivity index (χ4n) is 1.83. The van der Waals surface area contributed by atoms with Gasteiger partial charge in [0.25, 0.3) is 0 Å². The summed E-state index contributed by atoms with van der Waals surface area (Å²) in [5, 5.41) is 0. The lowest BCUT2D eigenvalue weighted by Gasteiger charge is -2.09. The molecular weight excluding hydrogens is 291 g/mol. The molecule has 0 aromatic heterocycles. The van der Waals surface area contributed by atoms with E-state index in [1.165, 1.54) is 0 Å². The Kier molecular flexibility index (Phi) is 16.0. The third kappa shape index (κ3) is 15.0. The van der Waals surface area contributed by atoms with Crippen molar-refractivity contribution in [3.63, 3.8) is 0 Å². The second-order valence-electron chi connectivity index (χ2n) is 5.26. The number of rotatable bonds is 13. The van der Waals surface area contributed by atoms with E-state index in [2.05, 4.69) is 37.8 Å². The number of allylic oxidation sites excluding steroid dienone is 12. The van der Waals surface area contributed by atoms with Crippen LogP contribution in [0.1, 0.15) is 39.5 Å². The molecule has 1 nitrogen and oxygen atoms in total. The molecule has 0 rings (SSSR count). The summed E-state index contributed by atoms with van der Waals surface area (Å²) in [6.07, 6.45) is 28.2. The summed E-state index contributed by atoms with van der Waals surface area (Å²) in [6.45, 7) is 8.37. The Hall–Kier alpha value is -1.96. The molecule has 1 atom stereocenters. The standard InChI is InChI=1S/C22H31BO/c1-4-7-8-9-10-11-12-13-14-15-18-21(23)19-20-24-22(16-5-2)17-6-3/h5-8,11-18,21H,2,4,9-10,19-20H2,1,3H3/b8-7-,12-11+,14-13-,17-6-,18-15+,22-16+. The Morgan fingerprint density at radius 3 is 2.54 bits per heavy atom. The fourth-order valence-corrected chi connectivity index (χ4v) is 1.83. The van der Waals surface area contributed by atoms with Crippen LogP contribution >= 0.6 is 0 Å². The van der Waals surface area contributed by atoms with E-state index < -0.39 is 0 Å². The average molecular weight is 322 g/mol. The van der Waals surface area contributed by atoms with Crippen LogP contribution in [-0.2, 0) is 4.74 Å². The molecular formula is C22H31BO. The Morgan fingerprint density at radius 1 is 1.08 bits per heavy atom. The minimum atomic E-state index is -0.00611. The SMILES string of the molecule is [B]C(/C=C/C=C\C=C\CC/C=C\CC)CCOC(/C=C\C)=C/C=C. The van der Waals surface area contributed by atoms with Gasteiger partial charge in [0.15, 0.2) is 0 Å². The largest absolute Gasteiger partial charge is 0.494 e. The van der Waals surface area contributed by atoms with Gasteiger partial charge in [-0.25, -0.2) is 0 Å². The molecule has 0 heterocycles. The first-order valence-corrected chi connectivity index (χ1v) is 8.73. The van der Waals surface area contributed by atoms with Gasteiger partial charge in [-0.3, -0.25) is 0 Å². The van der Waals surface area contributed by atoms with Crippen LogP contribution in [0.2, 0.25) is 5.82 Å². The number of ether oxygens (including phenoxy) is 1. The quantitative estimate of drug-likeness (QED) is 0.125. The highest BCUT2D eigenvalue weighted by molar-refractivity contribution is 6.12. The van der Waals surface area contributed by atoms with E-state index in [0.29, 0.717) is 6.61 Å². The van der Waals surface area contributed by atoms with Crippen molar-refractivity contribution >= 4 is 7.85 Å². The highest BCUT2D eigenvalue weighted by atomic mass is 16.5. The molecule has 0 aliphatic rings. The van der Waals surface area contributed by atoms with Crippen LogP contribution in [0.3, 0.4) is 0 Å². The lowest BCUT2D eigenvalue weighted by Crippen LogP contribution is -1.98. The van der Waals surface area contributed by atoms with Gasteiger partial charge in [-0.2, -0.15) is 0 Å². The normalized spacial score (nSPS) is 14.7. The Labute approximate surface area is 150 Å². The lowest BCUT2D eigenvalue weighted by atomic mass is 9.84. The summed E-state index contributed by atoms with van der Waals surface area (Å²) in [5.74, 6) is 0.802. The molecule has 0 amide bonds. The third-order valence-corrected chi connectivity index (χ3v) is 3.06. The van der Waals surface area contributed by atoms with Crippen LogP contribution in [0.25, 0.3) is 0 Å². The minimum absolute atomic E-state index is 0.00611. The van der Waals surface area contributed by atoms with Gasteiger partial charge in [-0.1, -0.05) is 80.1 Å². The highest BCUT2D eigenvalue weighted by Gasteiger charge is 1.97. The van der Waals surface area contributed by atoms with Crippen molar-refractivity contribution in [1.29, 1.82) is 0 Å². The van der Waals surface area contributed by atoms with Crippen LogP contribution in [0.15, 0.2) is 85.3 Å². The van der Waals surface area contributed by atoms with Crippen LogP contribution in [0.5, 0.6) is 0 Å². The molecule has 0 aromatic carbocycles. The predicted octanol–water partition coefficient (Wildman–Crippen LogP) is 6.41. The maximum Gasteiger partial charge on any atom is 0.118 e. The maximum atomic E-state index is 6.03. The van der Waals surface area contributed by atoms with Crippen molar-refractivity contribution in [2.75, 3.05) is 6.61 Å². The molecule has 2 radical (unpaired) electrons. The van der Waals surface area contributed by atoms with Crippen molar-refractivity contribution < 1.29 is 4.74 Å². The highest BCUT2D eigenvalue weighted by Crippen LogP contribution is 2.10. The van der Waals surface area contributed by atoms with E-state index in [9.17, 15) is 0 Å². The molecule has 0 spiro atoms. The first kappa shape index (κ1) is 22.0. The van der Waals surface area contributed by atoms with Gasteiger partial charge >= 0.3 is 0 Å². The third-order valence-electron chi connectivity index (χ3n) is 3.06.